The van der Waals surface area contributed by atoms with E-state index in [9.17, 15) is 0 Å². The van der Waals surface area contributed by atoms with E-state index in [1.807, 2.05) is 6.07 Å². The van der Waals surface area contributed by atoms with Crippen LogP contribution in [0.3, 0.4) is 0 Å². The van der Waals surface area contributed by atoms with Gasteiger partial charge in [-0.2, -0.15) is 0 Å². The van der Waals surface area contributed by atoms with Crippen molar-refractivity contribution in [1.82, 2.24) is 10.5 Å². The molecular weight excluding hydrogens is 252 g/mol. The zero-order chi connectivity index (χ0) is 14.6. The molecule has 0 spiro atoms. The largest absolute Gasteiger partial charge is 0.370 e. The molecule has 0 amide bonds. The standard InChI is InChI=1S/C16H28N2O2/c1-12(2)17-10-13-9-15(20-18-13)11-19-14-5-7-16(3,4)8-6-14/h9,12,14,17H,5-8,10-11H2,1-4H3. The predicted molar refractivity (Wildman–Crippen MR) is 79.3 cm³/mol. The average molecular weight is 280 g/mol. The summed E-state index contributed by atoms with van der Waals surface area (Å²) in [6.45, 7) is 10.2. The highest BCUT2D eigenvalue weighted by molar-refractivity contribution is 5.04. The summed E-state index contributed by atoms with van der Waals surface area (Å²) in [5.41, 5.74) is 1.43. The van der Waals surface area contributed by atoms with Crippen molar-refractivity contribution in [3.63, 3.8) is 0 Å². The molecule has 4 nitrogen and oxygen atoms in total. The van der Waals surface area contributed by atoms with Crippen molar-refractivity contribution in [2.24, 2.45) is 5.41 Å². The van der Waals surface area contributed by atoms with Crippen molar-refractivity contribution < 1.29 is 9.26 Å². The second-order valence-corrected chi connectivity index (χ2v) is 6.99. The predicted octanol–water partition coefficient (Wildman–Crippen LogP) is 3.66. The highest BCUT2D eigenvalue weighted by Gasteiger charge is 2.27. The molecule has 1 heterocycles. The van der Waals surface area contributed by atoms with E-state index < -0.39 is 0 Å². The lowest BCUT2D eigenvalue weighted by atomic mass is 9.76. The number of rotatable bonds is 6. The van der Waals surface area contributed by atoms with Crippen LogP contribution in [0.15, 0.2) is 10.6 Å². The first-order valence-electron chi connectivity index (χ1n) is 7.74. The fraction of sp³-hybridized carbons (Fsp3) is 0.812. The molecule has 4 heteroatoms. The Balaban J connectivity index is 1.72. The summed E-state index contributed by atoms with van der Waals surface area (Å²) in [6, 6.07) is 2.44. The summed E-state index contributed by atoms with van der Waals surface area (Å²) in [6.07, 6.45) is 5.19. The van der Waals surface area contributed by atoms with Gasteiger partial charge in [-0.15, -0.1) is 0 Å². The third kappa shape index (κ3) is 4.91. The van der Waals surface area contributed by atoms with Crippen molar-refractivity contribution in [3.8, 4) is 0 Å². The average Bonchev–Trinajstić information content (AvgIpc) is 2.83. The Labute approximate surface area is 122 Å². The second-order valence-electron chi connectivity index (χ2n) is 6.99. The van der Waals surface area contributed by atoms with E-state index in [0.717, 1.165) is 30.8 Å². The van der Waals surface area contributed by atoms with E-state index in [1.165, 1.54) is 12.8 Å². The Morgan fingerprint density at radius 1 is 1.40 bits per heavy atom. The second kappa shape index (κ2) is 6.72. The van der Waals surface area contributed by atoms with Crippen LogP contribution in [0.4, 0.5) is 0 Å². The molecule has 0 aliphatic heterocycles. The highest BCUT2D eigenvalue weighted by Crippen LogP contribution is 2.36. The van der Waals surface area contributed by atoms with Crippen LogP contribution in [0.1, 0.15) is 64.8 Å². The Morgan fingerprint density at radius 2 is 2.10 bits per heavy atom. The lowest BCUT2D eigenvalue weighted by molar-refractivity contribution is -0.0136. The van der Waals surface area contributed by atoms with Gasteiger partial charge in [0.25, 0.3) is 0 Å². The minimum Gasteiger partial charge on any atom is -0.370 e. The number of nitrogens with zero attached hydrogens (tertiary/aromatic N) is 1. The summed E-state index contributed by atoms with van der Waals surface area (Å²) >= 11 is 0. The van der Waals surface area contributed by atoms with Crippen LogP contribution in [-0.4, -0.2) is 17.3 Å². The number of hydrogen-bond acceptors (Lipinski definition) is 4. The van der Waals surface area contributed by atoms with Crippen LogP contribution < -0.4 is 5.32 Å². The van der Waals surface area contributed by atoms with Gasteiger partial charge in [0.15, 0.2) is 5.76 Å². The van der Waals surface area contributed by atoms with E-state index in [4.69, 9.17) is 9.26 Å². The zero-order valence-electron chi connectivity index (χ0n) is 13.2. The highest BCUT2D eigenvalue weighted by atomic mass is 16.5. The molecule has 0 radical (unpaired) electrons. The Hall–Kier alpha value is -0.870. The molecule has 2 rings (SSSR count). The topological polar surface area (TPSA) is 47.3 Å². The molecule has 0 bridgehead atoms. The summed E-state index contributed by atoms with van der Waals surface area (Å²) in [5.74, 6) is 0.829. The maximum Gasteiger partial charge on any atom is 0.162 e. The Morgan fingerprint density at radius 3 is 2.75 bits per heavy atom. The van der Waals surface area contributed by atoms with E-state index in [1.54, 1.807) is 0 Å². The number of hydrogen-bond donors (Lipinski definition) is 1. The molecule has 0 atom stereocenters. The van der Waals surface area contributed by atoms with Crippen LogP contribution in [0.25, 0.3) is 0 Å². The lowest BCUT2D eigenvalue weighted by Crippen LogP contribution is -2.26. The molecule has 20 heavy (non-hydrogen) atoms. The molecule has 114 valence electrons. The lowest BCUT2D eigenvalue weighted by Gasteiger charge is -2.33. The minimum atomic E-state index is 0.380. The molecular formula is C16H28N2O2. The summed E-state index contributed by atoms with van der Waals surface area (Å²) in [7, 11) is 0. The SMILES string of the molecule is CC(C)NCc1cc(COC2CCC(C)(C)CC2)on1. The minimum absolute atomic E-state index is 0.380. The van der Waals surface area contributed by atoms with Crippen LogP contribution in [0, 0.1) is 5.41 Å². The van der Waals surface area contributed by atoms with Gasteiger partial charge in [-0.1, -0.05) is 32.9 Å². The first-order chi connectivity index (χ1) is 9.44. The van der Waals surface area contributed by atoms with Gasteiger partial charge in [-0.25, -0.2) is 0 Å². The fourth-order valence-corrected chi connectivity index (χ4v) is 2.56. The van der Waals surface area contributed by atoms with Crippen LogP contribution in [-0.2, 0) is 17.9 Å². The van der Waals surface area contributed by atoms with Gasteiger partial charge in [-0.05, 0) is 31.1 Å². The Bertz CT molecular complexity index is 402. The molecule has 1 aromatic heterocycles. The molecule has 0 aromatic carbocycles. The summed E-state index contributed by atoms with van der Waals surface area (Å²) in [5, 5.41) is 7.38. The first-order valence-corrected chi connectivity index (χ1v) is 7.74. The van der Waals surface area contributed by atoms with Crippen molar-refractivity contribution in [2.75, 3.05) is 0 Å². The molecule has 0 saturated heterocycles. The number of nitrogens with one attached hydrogen (secondary N) is 1. The quantitative estimate of drug-likeness (QED) is 0.864. The fourth-order valence-electron chi connectivity index (χ4n) is 2.56. The van der Waals surface area contributed by atoms with Gasteiger partial charge in [-0.3, -0.25) is 0 Å². The van der Waals surface area contributed by atoms with E-state index in [2.05, 4.69) is 38.2 Å². The molecule has 1 aliphatic rings. The van der Waals surface area contributed by atoms with Gasteiger partial charge in [0.05, 0.1) is 11.8 Å². The van der Waals surface area contributed by atoms with Gasteiger partial charge < -0.3 is 14.6 Å². The van der Waals surface area contributed by atoms with Crippen molar-refractivity contribution >= 4 is 0 Å². The van der Waals surface area contributed by atoms with Crippen molar-refractivity contribution in [2.45, 2.75) is 78.7 Å². The number of aromatic nitrogens is 1. The van der Waals surface area contributed by atoms with Gasteiger partial charge >= 0.3 is 0 Å². The maximum absolute atomic E-state index is 5.95. The molecule has 1 fully saturated rings. The zero-order valence-corrected chi connectivity index (χ0v) is 13.2. The molecule has 1 aromatic rings. The monoisotopic (exact) mass is 280 g/mol. The first kappa shape index (κ1) is 15.5. The normalized spacial score (nSPS) is 19.6. The van der Waals surface area contributed by atoms with E-state index in [0.29, 0.717) is 24.2 Å². The third-order valence-corrected chi connectivity index (χ3v) is 4.05. The molecule has 1 aliphatic carbocycles. The molecule has 0 unspecified atom stereocenters. The van der Waals surface area contributed by atoms with Gasteiger partial charge in [0.1, 0.15) is 6.61 Å². The third-order valence-electron chi connectivity index (χ3n) is 4.05. The van der Waals surface area contributed by atoms with E-state index >= 15 is 0 Å². The van der Waals surface area contributed by atoms with Crippen LogP contribution in [0.5, 0.6) is 0 Å². The van der Waals surface area contributed by atoms with Crippen LogP contribution in [0.2, 0.25) is 0 Å². The smallest absolute Gasteiger partial charge is 0.162 e. The summed E-state index contributed by atoms with van der Waals surface area (Å²) in [4.78, 5) is 0. The molecule has 1 N–H and O–H groups in total. The number of ether oxygens (including phenoxy) is 1. The van der Waals surface area contributed by atoms with Gasteiger partial charge in [0.2, 0.25) is 0 Å². The maximum atomic E-state index is 5.95. The summed E-state index contributed by atoms with van der Waals surface area (Å²) < 4.78 is 11.3. The Kier molecular flexibility index (Phi) is 5.22. The van der Waals surface area contributed by atoms with Crippen LogP contribution >= 0.6 is 0 Å². The molecule has 1 saturated carbocycles. The van der Waals surface area contributed by atoms with Crippen molar-refractivity contribution in [3.05, 3.63) is 17.5 Å². The van der Waals surface area contributed by atoms with Crippen molar-refractivity contribution in [1.29, 1.82) is 0 Å². The van der Waals surface area contributed by atoms with Gasteiger partial charge in [0, 0.05) is 18.7 Å². The van der Waals surface area contributed by atoms with E-state index in [-0.39, 0.29) is 0 Å².